The number of hydrogen-bond acceptors (Lipinski definition) is 5. The third-order valence-electron chi connectivity index (χ3n) is 2.85. The Balaban J connectivity index is 3.09. The molecule has 21 heavy (non-hydrogen) atoms. The zero-order valence-electron chi connectivity index (χ0n) is 12.8. The van der Waals surface area contributed by atoms with Crippen molar-refractivity contribution >= 4 is 37.3 Å². The van der Waals surface area contributed by atoms with E-state index in [1.807, 2.05) is 32.8 Å². The summed E-state index contributed by atoms with van der Waals surface area (Å²) in [5.41, 5.74) is 0. The van der Waals surface area contributed by atoms with Crippen LogP contribution in [0.5, 0.6) is 0 Å². The molecule has 0 saturated heterocycles. The lowest BCUT2D eigenvalue weighted by Gasteiger charge is -2.25. The zero-order valence-corrected chi connectivity index (χ0v) is 16.1. The molecule has 122 valence electrons. The lowest BCUT2D eigenvalue weighted by Crippen LogP contribution is -2.38. The molecule has 0 fully saturated rings. The number of likely N-dealkylation sites (N-methyl/N-ethyl adjacent to an activating group) is 1. The Labute approximate surface area is 139 Å². The summed E-state index contributed by atoms with van der Waals surface area (Å²) in [5.74, 6) is 0.247. The maximum absolute atomic E-state index is 12.8. The molecule has 0 aliphatic heterocycles. The second-order valence-corrected chi connectivity index (χ2v) is 9.93. The van der Waals surface area contributed by atoms with Gasteiger partial charge in [-0.1, -0.05) is 13.8 Å². The highest BCUT2D eigenvalue weighted by molar-refractivity contribution is 9.11. The molecular formula is C13H23BrN2O3S2. The number of nitrogens with zero attached hydrogens (tertiary/aromatic N) is 2. The summed E-state index contributed by atoms with van der Waals surface area (Å²) in [6.45, 7) is 5.44. The van der Waals surface area contributed by atoms with E-state index in [2.05, 4.69) is 15.9 Å². The molecule has 0 spiro atoms. The first-order valence-electron chi connectivity index (χ1n) is 6.72. The van der Waals surface area contributed by atoms with Crippen LogP contribution in [0.2, 0.25) is 0 Å². The zero-order chi connectivity index (χ0) is 16.2. The highest BCUT2D eigenvalue weighted by atomic mass is 79.9. The van der Waals surface area contributed by atoms with Gasteiger partial charge in [0.2, 0.25) is 10.0 Å². The highest BCUT2D eigenvalue weighted by Gasteiger charge is 2.28. The standard InChI is InChI=1S/C13H23BrN2O3S2/c1-10(2)8-16(6-5-15(3)4)21(18,19)12-7-11(9-17)20-13(12)14/h7,10,17H,5-6,8-9H2,1-4H3. The first kappa shape index (κ1) is 19.1. The second kappa shape index (κ2) is 8.03. The van der Waals surface area contributed by atoms with Crippen LogP contribution in [0.3, 0.4) is 0 Å². The number of rotatable bonds is 8. The lowest BCUT2D eigenvalue weighted by molar-refractivity contribution is 0.285. The maximum atomic E-state index is 12.8. The van der Waals surface area contributed by atoms with Gasteiger partial charge in [-0.05, 0) is 42.0 Å². The van der Waals surface area contributed by atoms with E-state index in [4.69, 9.17) is 0 Å². The van der Waals surface area contributed by atoms with Crippen molar-refractivity contribution in [3.05, 3.63) is 14.7 Å². The summed E-state index contributed by atoms with van der Waals surface area (Å²) in [6, 6.07) is 1.55. The Morgan fingerprint density at radius 1 is 1.33 bits per heavy atom. The Morgan fingerprint density at radius 3 is 2.38 bits per heavy atom. The Kier molecular flexibility index (Phi) is 7.29. The van der Waals surface area contributed by atoms with E-state index >= 15 is 0 Å². The summed E-state index contributed by atoms with van der Waals surface area (Å²) < 4.78 is 27.7. The number of thiophene rings is 1. The monoisotopic (exact) mass is 398 g/mol. The molecule has 0 unspecified atom stereocenters. The van der Waals surface area contributed by atoms with Crippen molar-refractivity contribution < 1.29 is 13.5 Å². The van der Waals surface area contributed by atoms with Crippen LogP contribution >= 0.6 is 27.3 Å². The molecule has 8 heteroatoms. The number of hydrogen-bond donors (Lipinski definition) is 1. The fourth-order valence-electron chi connectivity index (χ4n) is 1.82. The molecule has 0 amide bonds. The molecule has 5 nitrogen and oxygen atoms in total. The van der Waals surface area contributed by atoms with Gasteiger partial charge in [0.1, 0.15) is 4.90 Å². The van der Waals surface area contributed by atoms with Crippen molar-refractivity contribution in [3.8, 4) is 0 Å². The van der Waals surface area contributed by atoms with Crippen LogP contribution < -0.4 is 0 Å². The third kappa shape index (κ3) is 5.30. The SMILES string of the molecule is CC(C)CN(CCN(C)C)S(=O)(=O)c1cc(CO)sc1Br. The van der Waals surface area contributed by atoms with Gasteiger partial charge in [-0.2, -0.15) is 4.31 Å². The summed E-state index contributed by atoms with van der Waals surface area (Å²) >= 11 is 4.55. The van der Waals surface area contributed by atoms with E-state index in [0.29, 0.717) is 28.3 Å². The van der Waals surface area contributed by atoms with Gasteiger partial charge >= 0.3 is 0 Å². The van der Waals surface area contributed by atoms with Crippen molar-refractivity contribution in [2.24, 2.45) is 5.92 Å². The van der Waals surface area contributed by atoms with Gasteiger partial charge in [0, 0.05) is 24.5 Å². The normalized spacial score (nSPS) is 12.8. The fourth-order valence-corrected chi connectivity index (χ4v) is 5.91. The smallest absolute Gasteiger partial charge is 0.245 e. The van der Waals surface area contributed by atoms with Crippen LogP contribution in [0.4, 0.5) is 0 Å². The average molecular weight is 399 g/mol. The van der Waals surface area contributed by atoms with E-state index in [1.54, 1.807) is 6.07 Å². The quantitative estimate of drug-likeness (QED) is 0.728. The molecule has 0 bridgehead atoms. The molecule has 1 aromatic rings. The molecule has 1 heterocycles. The molecular weight excluding hydrogens is 376 g/mol. The van der Waals surface area contributed by atoms with Gasteiger partial charge in [0.25, 0.3) is 0 Å². The minimum atomic E-state index is -3.55. The minimum absolute atomic E-state index is 0.152. The first-order valence-corrected chi connectivity index (χ1v) is 9.77. The van der Waals surface area contributed by atoms with Crippen LogP contribution in [0, 0.1) is 5.92 Å². The van der Waals surface area contributed by atoms with Crippen LogP contribution in [-0.4, -0.2) is 56.5 Å². The Hall–Kier alpha value is 0.01000. The first-order chi connectivity index (χ1) is 9.68. The van der Waals surface area contributed by atoms with Crippen molar-refractivity contribution in [3.63, 3.8) is 0 Å². The van der Waals surface area contributed by atoms with Gasteiger partial charge in [-0.3, -0.25) is 0 Å². The molecule has 1 rings (SSSR count). The molecule has 0 aromatic carbocycles. The molecule has 0 radical (unpaired) electrons. The number of halogens is 1. The predicted octanol–water partition coefficient (Wildman–Crippen LogP) is 2.21. The summed E-state index contributed by atoms with van der Waals surface area (Å²) in [7, 11) is 0.290. The Bertz CT molecular complexity index is 556. The van der Waals surface area contributed by atoms with Crippen LogP contribution in [0.1, 0.15) is 18.7 Å². The Morgan fingerprint density at radius 2 is 1.95 bits per heavy atom. The van der Waals surface area contributed by atoms with Crippen LogP contribution in [0.25, 0.3) is 0 Å². The molecule has 1 aromatic heterocycles. The van der Waals surface area contributed by atoms with Crippen molar-refractivity contribution in [1.82, 2.24) is 9.21 Å². The fraction of sp³-hybridized carbons (Fsp3) is 0.692. The van der Waals surface area contributed by atoms with Gasteiger partial charge in [0.05, 0.1) is 10.4 Å². The highest BCUT2D eigenvalue weighted by Crippen LogP contribution is 2.33. The number of aliphatic hydroxyl groups is 1. The predicted molar refractivity (Wildman–Crippen MR) is 90.1 cm³/mol. The van der Waals surface area contributed by atoms with E-state index in [-0.39, 0.29) is 17.4 Å². The molecule has 1 N–H and O–H groups in total. The number of sulfonamides is 1. The summed E-state index contributed by atoms with van der Waals surface area (Å²) in [5, 5.41) is 9.18. The topological polar surface area (TPSA) is 60.9 Å². The summed E-state index contributed by atoms with van der Waals surface area (Å²) in [6.07, 6.45) is 0. The largest absolute Gasteiger partial charge is 0.391 e. The van der Waals surface area contributed by atoms with E-state index in [0.717, 1.165) is 0 Å². The minimum Gasteiger partial charge on any atom is -0.391 e. The summed E-state index contributed by atoms with van der Waals surface area (Å²) in [4.78, 5) is 2.85. The lowest BCUT2D eigenvalue weighted by atomic mass is 10.2. The third-order valence-corrected chi connectivity index (χ3v) is 6.95. The van der Waals surface area contributed by atoms with Gasteiger partial charge in [0.15, 0.2) is 0 Å². The number of aliphatic hydroxyl groups excluding tert-OH is 1. The van der Waals surface area contributed by atoms with Crippen LogP contribution in [-0.2, 0) is 16.6 Å². The second-order valence-electron chi connectivity index (χ2n) is 5.57. The van der Waals surface area contributed by atoms with Gasteiger partial charge in [-0.25, -0.2) is 8.42 Å². The van der Waals surface area contributed by atoms with Crippen molar-refractivity contribution in [1.29, 1.82) is 0 Å². The van der Waals surface area contributed by atoms with Crippen LogP contribution in [0.15, 0.2) is 14.7 Å². The van der Waals surface area contributed by atoms with Crippen molar-refractivity contribution in [2.75, 3.05) is 33.7 Å². The molecule has 0 saturated carbocycles. The van der Waals surface area contributed by atoms with Gasteiger partial charge < -0.3 is 10.0 Å². The molecule has 0 aliphatic carbocycles. The van der Waals surface area contributed by atoms with E-state index < -0.39 is 10.0 Å². The molecule has 0 atom stereocenters. The van der Waals surface area contributed by atoms with E-state index in [9.17, 15) is 13.5 Å². The van der Waals surface area contributed by atoms with Crippen molar-refractivity contribution in [2.45, 2.75) is 25.3 Å². The van der Waals surface area contributed by atoms with E-state index in [1.165, 1.54) is 15.6 Å². The molecule has 0 aliphatic rings. The van der Waals surface area contributed by atoms with Gasteiger partial charge in [-0.15, -0.1) is 11.3 Å². The maximum Gasteiger partial charge on any atom is 0.245 e. The average Bonchev–Trinajstić information content (AvgIpc) is 2.75.